The highest BCUT2D eigenvalue weighted by atomic mass is 32.1. The first-order chi connectivity index (χ1) is 6.20. The van der Waals surface area contributed by atoms with Gasteiger partial charge in [0.05, 0.1) is 12.2 Å². The number of hydrogen-bond acceptors (Lipinski definition) is 3. The van der Waals surface area contributed by atoms with Crippen LogP contribution in [-0.2, 0) is 0 Å². The molecule has 0 radical (unpaired) electrons. The fraction of sp³-hybridized carbons (Fsp3) is 0.600. The molecule has 2 N–H and O–H groups in total. The van der Waals surface area contributed by atoms with Gasteiger partial charge in [-0.15, -0.1) is 0 Å². The molecule has 0 aliphatic heterocycles. The number of thiophene rings is 1. The molecule has 1 aromatic heterocycles. The summed E-state index contributed by atoms with van der Waals surface area (Å²) in [6.45, 7) is 3.87. The zero-order valence-corrected chi connectivity index (χ0v) is 8.84. The van der Waals surface area contributed by atoms with Gasteiger partial charge in [0.1, 0.15) is 0 Å². The second kappa shape index (κ2) is 4.74. The van der Waals surface area contributed by atoms with E-state index in [1.807, 2.05) is 24.6 Å². The largest absolute Gasteiger partial charge is 0.388 e. The predicted octanol–water partition coefficient (Wildman–Crippen LogP) is 2.63. The summed E-state index contributed by atoms with van der Waals surface area (Å²) < 4.78 is 0. The molecule has 0 aliphatic carbocycles. The van der Waals surface area contributed by atoms with Crippen LogP contribution in [0.3, 0.4) is 0 Å². The number of aliphatic hydroxyl groups is 2. The van der Waals surface area contributed by atoms with Crippen LogP contribution in [0.25, 0.3) is 0 Å². The molecule has 0 aliphatic rings. The molecule has 1 rings (SSSR count). The third-order valence-corrected chi connectivity index (χ3v) is 2.99. The molecule has 74 valence electrons. The quantitative estimate of drug-likeness (QED) is 0.784. The minimum atomic E-state index is -0.428. The second-order valence-corrected chi connectivity index (χ2v) is 3.87. The lowest BCUT2D eigenvalue weighted by Gasteiger charge is -2.12. The summed E-state index contributed by atoms with van der Waals surface area (Å²) in [5.41, 5.74) is 1.78. The van der Waals surface area contributed by atoms with Gasteiger partial charge in [0.15, 0.2) is 0 Å². The van der Waals surface area contributed by atoms with Crippen LogP contribution in [0.4, 0.5) is 0 Å². The number of rotatable bonds is 4. The van der Waals surface area contributed by atoms with Gasteiger partial charge in [-0.3, -0.25) is 0 Å². The van der Waals surface area contributed by atoms with Crippen molar-refractivity contribution in [3.63, 3.8) is 0 Å². The van der Waals surface area contributed by atoms with Crippen LogP contribution in [0.1, 0.15) is 50.0 Å². The summed E-state index contributed by atoms with van der Waals surface area (Å²) >= 11 is 1.53. The maximum atomic E-state index is 9.64. The van der Waals surface area contributed by atoms with Gasteiger partial charge in [0.2, 0.25) is 0 Å². The minimum absolute atomic E-state index is 0.428. The van der Waals surface area contributed by atoms with Crippen molar-refractivity contribution in [2.24, 2.45) is 0 Å². The van der Waals surface area contributed by atoms with E-state index >= 15 is 0 Å². The van der Waals surface area contributed by atoms with Gasteiger partial charge < -0.3 is 10.2 Å². The first kappa shape index (κ1) is 10.7. The van der Waals surface area contributed by atoms with Gasteiger partial charge >= 0.3 is 0 Å². The highest BCUT2D eigenvalue weighted by molar-refractivity contribution is 7.08. The lowest BCUT2D eigenvalue weighted by Crippen LogP contribution is -2.02. The lowest BCUT2D eigenvalue weighted by molar-refractivity contribution is 0.151. The summed E-state index contributed by atoms with van der Waals surface area (Å²) in [6.07, 6.45) is 0.533. The highest BCUT2D eigenvalue weighted by Gasteiger charge is 2.16. The molecule has 0 amide bonds. The van der Waals surface area contributed by atoms with E-state index in [4.69, 9.17) is 0 Å². The van der Waals surface area contributed by atoms with Crippen LogP contribution in [0, 0.1) is 0 Å². The van der Waals surface area contributed by atoms with Crippen molar-refractivity contribution >= 4 is 11.3 Å². The van der Waals surface area contributed by atoms with Crippen molar-refractivity contribution in [1.29, 1.82) is 0 Å². The Bertz CT molecular complexity index is 233. The molecule has 1 aromatic rings. The smallest absolute Gasteiger partial charge is 0.0799 e. The van der Waals surface area contributed by atoms with Crippen molar-refractivity contribution in [1.82, 2.24) is 0 Å². The normalized spacial score (nSPS) is 15.7. The van der Waals surface area contributed by atoms with E-state index in [9.17, 15) is 10.2 Å². The molecule has 3 heteroatoms. The molecule has 0 aromatic carbocycles. The molecule has 0 fully saturated rings. The van der Waals surface area contributed by atoms with Crippen LogP contribution in [0.5, 0.6) is 0 Å². The van der Waals surface area contributed by atoms with Crippen molar-refractivity contribution in [3.05, 3.63) is 21.9 Å². The molecule has 0 spiro atoms. The monoisotopic (exact) mass is 200 g/mol. The van der Waals surface area contributed by atoms with Gasteiger partial charge in [0.25, 0.3) is 0 Å². The Labute approximate surface area is 82.8 Å². The Hall–Kier alpha value is -0.380. The van der Waals surface area contributed by atoms with Crippen LogP contribution in [-0.4, -0.2) is 10.2 Å². The zero-order valence-electron chi connectivity index (χ0n) is 8.03. The molecular weight excluding hydrogens is 184 g/mol. The third kappa shape index (κ3) is 2.30. The molecule has 2 nitrogen and oxygen atoms in total. The first-order valence-electron chi connectivity index (χ1n) is 4.62. The molecule has 0 saturated carbocycles. The van der Waals surface area contributed by atoms with Crippen molar-refractivity contribution in [2.75, 3.05) is 0 Å². The highest BCUT2D eigenvalue weighted by Crippen LogP contribution is 2.30. The van der Waals surface area contributed by atoms with E-state index in [-0.39, 0.29) is 0 Å². The Morgan fingerprint density at radius 1 is 1.08 bits per heavy atom. The molecule has 1 heterocycles. The van der Waals surface area contributed by atoms with E-state index in [0.717, 1.165) is 11.1 Å². The van der Waals surface area contributed by atoms with E-state index in [1.54, 1.807) is 0 Å². The maximum absolute atomic E-state index is 9.64. The minimum Gasteiger partial charge on any atom is -0.388 e. The van der Waals surface area contributed by atoms with Crippen LogP contribution >= 0.6 is 11.3 Å². The zero-order chi connectivity index (χ0) is 9.84. The Morgan fingerprint density at radius 2 is 1.46 bits per heavy atom. The number of aliphatic hydroxyl groups excluding tert-OH is 2. The van der Waals surface area contributed by atoms with Crippen LogP contribution in [0.2, 0.25) is 0 Å². The standard InChI is InChI=1S/C10H16O2S/c1-3-9(11)7-5-13-6-8(7)10(12)4-2/h5-6,9-12H,3-4H2,1-2H3. The van der Waals surface area contributed by atoms with Gasteiger partial charge in [-0.25, -0.2) is 0 Å². The summed E-state index contributed by atoms with van der Waals surface area (Å²) in [5, 5.41) is 23.1. The van der Waals surface area contributed by atoms with E-state index in [1.165, 1.54) is 11.3 Å². The average Bonchev–Trinajstić information content (AvgIpc) is 2.63. The van der Waals surface area contributed by atoms with E-state index in [2.05, 4.69) is 0 Å². The average molecular weight is 200 g/mol. The molecule has 13 heavy (non-hydrogen) atoms. The molecule has 2 atom stereocenters. The molecular formula is C10H16O2S. The van der Waals surface area contributed by atoms with Crippen molar-refractivity contribution in [3.8, 4) is 0 Å². The topological polar surface area (TPSA) is 40.5 Å². The maximum Gasteiger partial charge on any atom is 0.0799 e. The summed E-state index contributed by atoms with van der Waals surface area (Å²) in [6, 6.07) is 0. The number of hydrogen-bond donors (Lipinski definition) is 2. The Balaban J connectivity index is 2.88. The fourth-order valence-corrected chi connectivity index (χ4v) is 2.25. The van der Waals surface area contributed by atoms with Crippen LogP contribution in [0.15, 0.2) is 10.8 Å². The lowest BCUT2D eigenvalue weighted by atomic mass is 10.0. The Morgan fingerprint density at radius 3 is 1.77 bits per heavy atom. The molecule has 0 bridgehead atoms. The van der Waals surface area contributed by atoms with Gasteiger partial charge in [-0.2, -0.15) is 11.3 Å². The summed E-state index contributed by atoms with van der Waals surface area (Å²) in [4.78, 5) is 0. The molecule has 2 unspecified atom stereocenters. The molecule has 0 saturated heterocycles. The summed E-state index contributed by atoms with van der Waals surface area (Å²) in [7, 11) is 0. The van der Waals surface area contributed by atoms with Crippen LogP contribution < -0.4 is 0 Å². The van der Waals surface area contributed by atoms with E-state index in [0.29, 0.717) is 12.8 Å². The SMILES string of the molecule is CCC(O)c1cscc1C(O)CC. The Kier molecular flexibility index (Phi) is 3.90. The third-order valence-electron chi connectivity index (χ3n) is 2.21. The van der Waals surface area contributed by atoms with Crippen molar-refractivity contribution < 1.29 is 10.2 Å². The van der Waals surface area contributed by atoms with Gasteiger partial charge in [0, 0.05) is 0 Å². The predicted molar refractivity (Wildman–Crippen MR) is 54.8 cm³/mol. The van der Waals surface area contributed by atoms with E-state index < -0.39 is 12.2 Å². The van der Waals surface area contributed by atoms with Gasteiger partial charge in [-0.1, -0.05) is 13.8 Å². The fourth-order valence-electron chi connectivity index (χ4n) is 1.30. The van der Waals surface area contributed by atoms with Crippen molar-refractivity contribution in [2.45, 2.75) is 38.9 Å². The first-order valence-corrected chi connectivity index (χ1v) is 5.57. The summed E-state index contributed by atoms with van der Waals surface area (Å²) in [5.74, 6) is 0. The van der Waals surface area contributed by atoms with Gasteiger partial charge in [-0.05, 0) is 34.7 Å². The second-order valence-electron chi connectivity index (χ2n) is 3.13.